The first-order chi connectivity index (χ1) is 17.9. The number of esters is 1. The zero-order chi connectivity index (χ0) is 26.6. The maximum atomic E-state index is 12.3. The average molecular weight is 567 g/mol. The van der Waals surface area contributed by atoms with E-state index in [-0.39, 0.29) is 31.3 Å². The minimum Gasteiger partial charge on any atom is -0.457 e. The average Bonchev–Trinajstić information content (AvgIpc) is 2.90. The van der Waals surface area contributed by atoms with Crippen molar-refractivity contribution in [1.82, 2.24) is 0 Å². The third-order valence-electron chi connectivity index (χ3n) is 5.60. The second-order valence-electron chi connectivity index (χ2n) is 8.35. The third-order valence-corrected chi connectivity index (χ3v) is 6.13. The van der Waals surface area contributed by atoms with Crippen LogP contribution in [0.4, 0.5) is 11.4 Å². The van der Waals surface area contributed by atoms with Gasteiger partial charge in [-0.25, -0.2) is 0 Å². The van der Waals surface area contributed by atoms with Gasteiger partial charge in [-0.2, -0.15) is 0 Å². The number of rotatable bonds is 12. The number of hydrogen-bond acceptors (Lipinski definition) is 5. The highest BCUT2D eigenvalue weighted by molar-refractivity contribution is 9.10. The molecule has 3 rings (SSSR count). The summed E-state index contributed by atoms with van der Waals surface area (Å²) in [5.74, 6) is 0.249. The van der Waals surface area contributed by atoms with Gasteiger partial charge in [-0.3, -0.25) is 14.4 Å². The molecule has 2 amide bonds. The van der Waals surface area contributed by atoms with Gasteiger partial charge in [0.15, 0.2) is 6.61 Å². The van der Waals surface area contributed by atoms with Crippen LogP contribution in [0.25, 0.3) is 0 Å². The zero-order valence-electron chi connectivity index (χ0n) is 21.0. The molecule has 0 aliphatic rings. The van der Waals surface area contributed by atoms with Gasteiger partial charge in [0, 0.05) is 28.7 Å². The minimum absolute atomic E-state index is 0.0480. The number of hydrogen-bond donors (Lipinski definition) is 2. The van der Waals surface area contributed by atoms with E-state index in [4.69, 9.17) is 9.47 Å². The van der Waals surface area contributed by atoms with Crippen molar-refractivity contribution in [1.29, 1.82) is 0 Å². The number of carbonyl (C=O) groups is 3. The lowest BCUT2D eigenvalue weighted by Gasteiger charge is -2.14. The molecule has 0 aliphatic carbocycles. The summed E-state index contributed by atoms with van der Waals surface area (Å²) in [7, 11) is 0. The normalized spacial score (nSPS) is 10.5. The van der Waals surface area contributed by atoms with E-state index < -0.39 is 5.97 Å². The molecule has 0 fully saturated rings. The number of amides is 2. The molecule has 3 aromatic rings. The monoisotopic (exact) mass is 566 g/mol. The number of nitrogens with one attached hydrogen (secondary N) is 2. The summed E-state index contributed by atoms with van der Waals surface area (Å²) in [5, 5.41) is 5.66. The Kier molecular flexibility index (Phi) is 10.7. The first-order valence-electron chi connectivity index (χ1n) is 12.3. The van der Waals surface area contributed by atoms with Crippen LogP contribution in [0.1, 0.15) is 44.2 Å². The van der Waals surface area contributed by atoms with Gasteiger partial charge in [0.1, 0.15) is 11.5 Å². The Balaban J connectivity index is 1.36. The summed E-state index contributed by atoms with van der Waals surface area (Å²) in [6.07, 6.45) is 2.09. The molecule has 0 saturated carbocycles. The van der Waals surface area contributed by atoms with Crippen LogP contribution in [0, 0.1) is 0 Å². The van der Waals surface area contributed by atoms with Crippen molar-refractivity contribution >= 4 is 45.1 Å². The lowest BCUT2D eigenvalue weighted by atomic mass is 10.0. The number of benzene rings is 3. The fourth-order valence-corrected chi connectivity index (χ4v) is 3.92. The molecule has 0 heterocycles. The summed E-state index contributed by atoms with van der Waals surface area (Å²) in [6.45, 7) is 3.69. The Morgan fingerprint density at radius 1 is 0.757 bits per heavy atom. The van der Waals surface area contributed by atoms with Gasteiger partial charge < -0.3 is 20.1 Å². The van der Waals surface area contributed by atoms with Crippen molar-refractivity contribution in [2.24, 2.45) is 0 Å². The van der Waals surface area contributed by atoms with Gasteiger partial charge in [-0.1, -0.05) is 48.0 Å². The number of anilines is 2. The number of carbonyl (C=O) groups excluding carboxylic acids is 3. The van der Waals surface area contributed by atoms with Crippen molar-refractivity contribution in [3.05, 3.63) is 82.3 Å². The molecule has 0 aromatic heterocycles. The zero-order valence-corrected chi connectivity index (χ0v) is 22.6. The highest BCUT2D eigenvalue weighted by Crippen LogP contribution is 2.25. The smallest absolute Gasteiger partial charge is 0.306 e. The van der Waals surface area contributed by atoms with Gasteiger partial charge in [-0.05, 0) is 78.9 Å². The van der Waals surface area contributed by atoms with Crippen LogP contribution in [0.3, 0.4) is 0 Å². The summed E-state index contributed by atoms with van der Waals surface area (Å²) in [4.78, 5) is 36.6. The molecule has 7 nitrogen and oxygen atoms in total. The minimum atomic E-state index is -0.517. The summed E-state index contributed by atoms with van der Waals surface area (Å²) in [5.41, 5.74) is 3.50. The van der Waals surface area contributed by atoms with E-state index in [0.717, 1.165) is 34.1 Å². The molecule has 8 heteroatoms. The fraction of sp³-hybridized carbons (Fsp3) is 0.276. The molecule has 37 heavy (non-hydrogen) atoms. The Morgan fingerprint density at radius 2 is 1.35 bits per heavy atom. The molecular formula is C29H31BrN2O5. The van der Waals surface area contributed by atoms with E-state index in [1.54, 1.807) is 24.3 Å². The first kappa shape index (κ1) is 27.9. The Labute approximate surface area is 225 Å². The fourth-order valence-electron chi connectivity index (χ4n) is 3.66. The van der Waals surface area contributed by atoms with E-state index in [2.05, 4.69) is 26.6 Å². The van der Waals surface area contributed by atoms with Crippen LogP contribution in [-0.4, -0.2) is 24.4 Å². The number of halogens is 1. The number of para-hydroxylation sites is 1. The van der Waals surface area contributed by atoms with E-state index in [1.165, 1.54) is 0 Å². The Morgan fingerprint density at radius 3 is 1.95 bits per heavy atom. The second kappa shape index (κ2) is 14.2. The predicted molar refractivity (Wildman–Crippen MR) is 148 cm³/mol. The molecule has 0 radical (unpaired) electrons. The third kappa shape index (κ3) is 9.06. The van der Waals surface area contributed by atoms with Gasteiger partial charge in [-0.15, -0.1) is 0 Å². The molecule has 0 atom stereocenters. The van der Waals surface area contributed by atoms with E-state index in [1.807, 2.05) is 56.3 Å². The molecular weight excluding hydrogens is 536 g/mol. The van der Waals surface area contributed by atoms with Crippen LogP contribution in [-0.2, 0) is 32.0 Å². The highest BCUT2D eigenvalue weighted by Gasteiger charge is 2.13. The predicted octanol–water partition coefficient (Wildman–Crippen LogP) is 6.66. The van der Waals surface area contributed by atoms with E-state index in [0.29, 0.717) is 23.6 Å². The molecule has 0 unspecified atom stereocenters. The van der Waals surface area contributed by atoms with Crippen LogP contribution < -0.4 is 15.4 Å². The van der Waals surface area contributed by atoms with Crippen molar-refractivity contribution in [3.8, 4) is 11.5 Å². The van der Waals surface area contributed by atoms with Crippen molar-refractivity contribution in [2.45, 2.75) is 46.0 Å². The molecule has 3 aromatic carbocycles. The molecule has 0 spiro atoms. The largest absolute Gasteiger partial charge is 0.457 e. The Bertz CT molecular complexity index is 1190. The van der Waals surface area contributed by atoms with Gasteiger partial charge >= 0.3 is 5.97 Å². The summed E-state index contributed by atoms with van der Waals surface area (Å²) in [6, 6.07) is 20.4. The highest BCUT2D eigenvalue weighted by atomic mass is 79.9. The number of aryl methyl sites for hydroxylation is 2. The van der Waals surface area contributed by atoms with Crippen molar-refractivity contribution in [3.63, 3.8) is 0 Å². The molecule has 0 aliphatic heterocycles. The van der Waals surface area contributed by atoms with Gasteiger partial charge in [0.25, 0.3) is 5.91 Å². The SMILES string of the molecule is CCc1cccc(CC)c1NC(=O)COC(=O)CCCC(=O)Nc1ccc(Oc2ccc(Br)cc2)cc1. The lowest BCUT2D eigenvalue weighted by Crippen LogP contribution is -2.22. The lowest BCUT2D eigenvalue weighted by molar-refractivity contribution is -0.147. The molecule has 2 N–H and O–H groups in total. The van der Waals surface area contributed by atoms with Crippen LogP contribution in [0.15, 0.2) is 71.2 Å². The second-order valence-corrected chi connectivity index (χ2v) is 9.26. The first-order valence-corrected chi connectivity index (χ1v) is 13.1. The number of ether oxygens (including phenoxy) is 2. The summed E-state index contributed by atoms with van der Waals surface area (Å²) >= 11 is 3.38. The topological polar surface area (TPSA) is 93.7 Å². The van der Waals surface area contributed by atoms with E-state index in [9.17, 15) is 14.4 Å². The quantitative estimate of drug-likeness (QED) is 0.239. The molecule has 0 saturated heterocycles. The molecule has 0 bridgehead atoms. The van der Waals surface area contributed by atoms with Crippen LogP contribution >= 0.6 is 15.9 Å². The maximum absolute atomic E-state index is 12.3. The molecule has 194 valence electrons. The van der Waals surface area contributed by atoms with Gasteiger partial charge in [0.05, 0.1) is 0 Å². The van der Waals surface area contributed by atoms with Gasteiger partial charge in [0.2, 0.25) is 5.91 Å². The van der Waals surface area contributed by atoms with Crippen molar-refractivity contribution in [2.75, 3.05) is 17.2 Å². The van der Waals surface area contributed by atoms with Crippen molar-refractivity contribution < 1.29 is 23.9 Å². The van der Waals surface area contributed by atoms with Crippen LogP contribution in [0.5, 0.6) is 11.5 Å². The van der Waals surface area contributed by atoms with E-state index >= 15 is 0 Å². The standard InChI is InChI=1S/C29H31BrN2O5/c1-3-20-7-5-8-21(4-2)29(20)32-27(34)19-36-28(35)10-6-9-26(33)31-23-13-17-25(18-14-23)37-24-15-11-22(30)12-16-24/h5,7-8,11-18H,3-4,6,9-10,19H2,1-2H3,(H,31,33)(H,32,34). The summed E-state index contributed by atoms with van der Waals surface area (Å²) < 4.78 is 11.8. The Hall–Kier alpha value is -3.65. The van der Waals surface area contributed by atoms with Crippen LogP contribution in [0.2, 0.25) is 0 Å². The maximum Gasteiger partial charge on any atom is 0.306 e.